The Morgan fingerprint density at radius 1 is 0.759 bits per heavy atom. The molecule has 10 heteroatoms. The van der Waals surface area contributed by atoms with Gasteiger partial charge in [0.1, 0.15) is 12.6 Å². The molecule has 0 aliphatic carbocycles. The number of alkyl carbamates (subject to hydrolysis) is 1. The standard InChI is InChI=1S/C44H49N3O7/c48-29-31-14-16-35(17-15-31)40-25-38(28-46-22-7-2-1-3-8-23-46)53-43(54-40)36-20-18-34(19-21-36)37-13-9-12-33(24-37)27-47-41(49)26-39(42(47)50)45-44(51)52-30-32-10-5-4-6-11-32/h4-6,9-21,24,38-40,43,48H,1-3,7-8,22-23,25-30H2,(H,45,51)/t38-,39?,40+,43+/m1/s1. The molecule has 3 aliphatic heterocycles. The normalized spacial score (nSPS) is 22.4. The van der Waals surface area contributed by atoms with Crippen LogP contribution in [0.2, 0.25) is 0 Å². The summed E-state index contributed by atoms with van der Waals surface area (Å²) in [5.74, 6) is -0.797. The minimum atomic E-state index is -0.964. The number of ether oxygens (including phenoxy) is 3. The molecule has 54 heavy (non-hydrogen) atoms. The van der Waals surface area contributed by atoms with E-state index < -0.39 is 24.3 Å². The smallest absolute Gasteiger partial charge is 0.408 e. The first-order valence-corrected chi connectivity index (χ1v) is 19.2. The fourth-order valence-corrected chi connectivity index (χ4v) is 7.55. The van der Waals surface area contributed by atoms with Crippen LogP contribution in [0.3, 0.4) is 0 Å². The lowest BCUT2D eigenvalue weighted by Gasteiger charge is -2.38. The lowest BCUT2D eigenvalue weighted by molar-refractivity contribution is -0.253. The van der Waals surface area contributed by atoms with Crippen LogP contribution in [0.1, 0.15) is 85.2 Å². The molecule has 10 nitrogen and oxygen atoms in total. The second-order valence-corrected chi connectivity index (χ2v) is 14.5. The Bertz CT molecular complexity index is 1860. The number of nitrogens with zero attached hydrogens (tertiary/aromatic N) is 2. The van der Waals surface area contributed by atoms with Gasteiger partial charge in [-0.15, -0.1) is 0 Å². The fourth-order valence-electron chi connectivity index (χ4n) is 7.55. The summed E-state index contributed by atoms with van der Waals surface area (Å²) in [4.78, 5) is 42.2. The zero-order chi connectivity index (χ0) is 37.3. The SMILES string of the molecule is O=C(NC1CC(=O)N(Cc2cccc(-c3ccc([C@H]4O[C@@H](CN5CCCCCCC5)C[C@@H](c5ccc(CO)cc5)O4)cc3)c2)C1=O)OCc1ccccc1. The number of amides is 3. The van der Waals surface area contributed by atoms with Crippen molar-refractivity contribution in [3.63, 3.8) is 0 Å². The molecule has 0 saturated carbocycles. The molecule has 3 amide bonds. The second kappa shape index (κ2) is 18.0. The molecule has 3 fully saturated rings. The number of aliphatic hydroxyl groups is 1. The molecular weight excluding hydrogens is 682 g/mol. The average Bonchev–Trinajstić information content (AvgIpc) is 3.45. The van der Waals surface area contributed by atoms with Crippen molar-refractivity contribution < 1.29 is 33.7 Å². The molecule has 4 aromatic rings. The lowest BCUT2D eigenvalue weighted by atomic mass is 9.98. The predicted molar refractivity (Wildman–Crippen MR) is 204 cm³/mol. The van der Waals surface area contributed by atoms with Gasteiger partial charge in [-0.05, 0) is 65.4 Å². The predicted octanol–water partition coefficient (Wildman–Crippen LogP) is 7.21. The van der Waals surface area contributed by atoms with Gasteiger partial charge in [0.25, 0.3) is 5.91 Å². The van der Waals surface area contributed by atoms with Crippen molar-refractivity contribution in [1.29, 1.82) is 0 Å². The topological polar surface area (TPSA) is 118 Å². The molecule has 2 N–H and O–H groups in total. The van der Waals surface area contributed by atoms with Crippen molar-refractivity contribution in [2.45, 2.75) is 89.2 Å². The van der Waals surface area contributed by atoms with E-state index in [4.69, 9.17) is 14.2 Å². The molecular formula is C44H49N3O7. The Balaban J connectivity index is 0.999. The van der Waals surface area contributed by atoms with Crippen LogP contribution in [0.15, 0.2) is 103 Å². The van der Waals surface area contributed by atoms with Crippen LogP contribution in [-0.4, -0.2) is 64.6 Å². The van der Waals surface area contributed by atoms with E-state index in [1.54, 1.807) is 0 Å². The van der Waals surface area contributed by atoms with Crippen LogP contribution >= 0.6 is 0 Å². The van der Waals surface area contributed by atoms with Crippen LogP contribution in [0.5, 0.6) is 0 Å². The number of carbonyl (C=O) groups is 3. The highest BCUT2D eigenvalue weighted by Gasteiger charge is 2.40. The summed E-state index contributed by atoms with van der Waals surface area (Å²) in [5, 5.41) is 12.1. The van der Waals surface area contributed by atoms with E-state index in [-0.39, 0.29) is 44.3 Å². The molecule has 0 bridgehead atoms. The van der Waals surface area contributed by atoms with Crippen molar-refractivity contribution in [1.82, 2.24) is 15.1 Å². The summed E-state index contributed by atoms with van der Waals surface area (Å²) >= 11 is 0. The Morgan fingerprint density at radius 2 is 1.46 bits per heavy atom. The van der Waals surface area contributed by atoms with Gasteiger partial charge in [0.15, 0.2) is 6.29 Å². The van der Waals surface area contributed by atoms with Crippen LogP contribution in [-0.2, 0) is 43.6 Å². The van der Waals surface area contributed by atoms with Gasteiger partial charge in [-0.25, -0.2) is 4.79 Å². The Hall–Kier alpha value is -4.87. The van der Waals surface area contributed by atoms with Crippen molar-refractivity contribution in [3.8, 4) is 11.1 Å². The maximum atomic E-state index is 13.2. The maximum absolute atomic E-state index is 13.2. The van der Waals surface area contributed by atoms with Gasteiger partial charge in [0.2, 0.25) is 5.91 Å². The Morgan fingerprint density at radius 3 is 2.20 bits per heavy atom. The summed E-state index contributed by atoms with van der Waals surface area (Å²) in [6, 6.07) is 32.2. The molecule has 3 aliphatic rings. The van der Waals surface area contributed by atoms with Gasteiger partial charge in [0.05, 0.1) is 31.8 Å². The molecule has 3 saturated heterocycles. The number of rotatable bonds is 11. The van der Waals surface area contributed by atoms with Crippen LogP contribution in [0, 0.1) is 0 Å². The third-order valence-electron chi connectivity index (χ3n) is 10.6. The highest BCUT2D eigenvalue weighted by molar-refractivity contribution is 6.06. The number of carbonyl (C=O) groups excluding carboxylic acids is 3. The molecule has 282 valence electrons. The van der Waals surface area contributed by atoms with E-state index in [1.807, 2.05) is 103 Å². The van der Waals surface area contributed by atoms with Crippen molar-refractivity contribution >= 4 is 17.9 Å². The first kappa shape index (κ1) is 37.4. The fraction of sp³-hybridized carbons (Fsp3) is 0.386. The van der Waals surface area contributed by atoms with Crippen LogP contribution < -0.4 is 5.32 Å². The number of hydrogen-bond donors (Lipinski definition) is 2. The second-order valence-electron chi connectivity index (χ2n) is 14.5. The van der Waals surface area contributed by atoms with Crippen molar-refractivity contribution in [2.75, 3.05) is 19.6 Å². The molecule has 0 aromatic heterocycles. The zero-order valence-electron chi connectivity index (χ0n) is 30.6. The molecule has 3 heterocycles. The van der Waals surface area contributed by atoms with E-state index in [1.165, 1.54) is 37.0 Å². The highest BCUT2D eigenvalue weighted by atomic mass is 16.7. The summed E-state index contributed by atoms with van der Waals surface area (Å²) in [7, 11) is 0. The largest absolute Gasteiger partial charge is 0.445 e. The number of imide groups is 1. The molecule has 7 rings (SSSR count). The quantitative estimate of drug-likeness (QED) is 0.156. The summed E-state index contributed by atoms with van der Waals surface area (Å²) in [5.41, 5.74) is 6.42. The Labute approximate surface area is 317 Å². The summed E-state index contributed by atoms with van der Waals surface area (Å²) in [6.45, 7) is 3.23. The third kappa shape index (κ3) is 9.62. The molecule has 0 spiro atoms. The van der Waals surface area contributed by atoms with Gasteiger partial charge in [-0.3, -0.25) is 14.5 Å². The minimum absolute atomic E-state index is 0.00471. The van der Waals surface area contributed by atoms with Gasteiger partial charge in [0, 0.05) is 18.5 Å². The molecule has 4 atom stereocenters. The van der Waals surface area contributed by atoms with Crippen LogP contribution in [0.25, 0.3) is 11.1 Å². The van der Waals surface area contributed by atoms with E-state index in [2.05, 4.69) is 10.2 Å². The minimum Gasteiger partial charge on any atom is -0.445 e. The lowest BCUT2D eigenvalue weighted by Crippen LogP contribution is -2.41. The molecule has 0 radical (unpaired) electrons. The van der Waals surface area contributed by atoms with E-state index in [9.17, 15) is 19.5 Å². The van der Waals surface area contributed by atoms with Crippen molar-refractivity contribution in [2.24, 2.45) is 0 Å². The first-order chi connectivity index (χ1) is 26.4. The average molecular weight is 732 g/mol. The third-order valence-corrected chi connectivity index (χ3v) is 10.6. The number of likely N-dealkylation sites (tertiary alicyclic amines) is 2. The van der Waals surface area contributed by atoms with Gasteiger partial charge >= 0.3 is 6.09 Å². The first-order valence-electron chi connectivity index (χ1n) is 19.2. The Kier molecular flexibility index (Phi) is 12.5. The van der Waals surface area contributed by atoms with Crippen LogP contribution in [0.4, 0.5) is 4.79 Å². The van der Waals surface area contributed by atoms with E-state index in [0.717, 1.165) is 65.0 Å². The number of aliphatic hydroxyl groups excluding tert-OH is 1. The maximum Gasteiger partial charge on any atom is 0.408 e. The number of benzene rings is 4. The monoisotopic (exact) mass is 731 g/mol. The summed E-state index contributed by atoms with van der Waals surface area (Å²) in [6.07, 6.45) is 5.56. The molecule has 4 aromatic carbocycles. The number of nitrogens with one attached hydrogen (secondary N) is 1. The van der Waals surface area contributed by atoms with E-state index >= 15 is 0 Å². The molecule has 1 unspecified atom stereocenters. The van der Waals surface area contributed by atoms with E-state index in [0.29, 0.717) is 0 Å². The van der Waals surface area contributed by atoms with Gasteiger partial charge in [-0.1, -0.05) is 116 Å². The van der Waals surface area contributed by atoms with Crippen molar-refractivity contribution in [3.05, 3.63) is 131 Å². The van der Waals surface area contributed by atoms with Gasteiger partial charge < -0.3 is 29.5 Å². The summed E-state index contributed by atoms with van der Waals surface area (Å²) < 4.78 is 18.5. The highest BCUT2D eigenvalue weighted by Crippen LogP contribution is 2.39. The number of hydrogen-bond acceptors (Lipinski definition) is 8. The van der Waals surface area contributed by atoms with Gasteiger partial charge in [-0.2, -0.15) is 0 Å². The zero-order valence-corrected chi connectivity index (χ0v) is 30.6.